The highest BCUT2D eigenvalue weighted by Gasteiger charge is 2.10. The van der Waals surface area contributed by atoms with E-state index in [0.29, 0.717) is 17.9 Å². The third kappa shape index (κ3) is 6.09. The first-order valence-corrected chi connectivity index (χ1v) is 9.02. The predicted molar refractivity (Wildman–Crippen MR) is 101 cm³/mol. The maximum absolute atomic E-state index is 12.2. The fourth-order valence-corrected chi connectivity index (χ4v) is 2.98. The molecule has 0 radical (unpaired) electrons. The van der Waals surface area contributed by atoms with Gasteiger partial charge in [-0.05, 0) is 55.0 Å². The van der Waals surface area contributed by atoms with Gasteiger partial charge in [-0.25, -0.2) is 4.79 Å². The number of carbonyl (C=O) groups excluding carboxylic acids is 1. The minimum Gasteiger partial charge on any atom is -0.494 e. The monoisotopic (exact) mass is 375 g/mol. The summed E-state index contributed by atoms with van der Waals surface area (Å²) in [6, 6.07) is 12.2. The number of aromatic carboxylic acids is 1. The van der Waals surface area contributed by atoms with E-state index in [9.17, 15) is 14.7 Å². The van der Waals surface area contributed by atoms with Crippen molar-refractivity contribution < 1.29 is 24.2 Å². The number of carboxylic acid groups (broad SMARTS) is 1. The Morgan fingerprint density at radius 1 is 1.15 bits per heavy atom. The molecule has 26 heavy (non-hydrogen) atoms. The van der Waals surface area contributed by atoms with E-state index >= 15 is 0 Å². The van der Waals surface area contributed by atoms with Gasteiger partial charge >= 0.3 is 5.97 Å². The average molecular weight is 375 g/mol. The Hall–Kier alpha value is -2.51. The van der Waals surface area contributed by atoms with Crippen LogP contribution in [-0.2, 0) is 16.1 Å². The molecule has 0 heterocycles. The number of methoxy groups -OCH3 is 1. The molecule has 0 saturated carbocycles. The second-order valence-electron chi connectivity index (χ2n) is 5.40. The minimum atomic E-state index is -1.05. The van der Waals surface area contributed by atoms with Crippen LogP contribution < -0.4 is 10.1 Å². The number of carboxylic acids is 1. The van der Waals surface area contributed by atoms with Crippen LogP contribution in [0.2, 0.25) is 0 Å². The summed E-state index contributed by atoms with van der Waals surface area (Å²) in [6.45, 7) is 2.80. The molecular formula is C19H21NO5S. The molecule has 0 saturated heterocycles. The van der Waals surface area contributed by atoms with Crippen molar-refractivity contribution in [2.24, 2.45) is 0 Å². The van der Waals surface area contributed by atoms with Gasteiger partial charge in [-0.1, -0.05) is 0 Å². The molecule has 0 aliphatic heterocycles. The maximum atomic E-state index is 12.2. The predicted octanol–water partition coefficient (Wildman–Crippen LogP) is 3.66. The average Bonchev–Trinajstić information content (AvgIpc) is 2.61. The molecular weight excluding hydrogens is 354 g/mol. The lowest BCUT2D eigenvalue weighted by molar-refractivity contribution is -0.113. The van der Waals surface area contributed by atoms with Crippen molar-refractivity contribution in [3.63, 3.8) is 0 Å². The number of thioether (sulfide) groups is 1. The van der Waals surface area contributed by atoms with E-state index in [2.05, 4.69) is 5.32 Å². The van der Waals surface area contributed by atoms with Crippen LogP contribution in [0.1, 0.15) is 22.8 Å². The second-order valence-corrected chi connectivity index (χ2v) is 6.45. The lowest BCUT2D eigenvalue weighted by Crippen LogP contribution is -2.15. The van der Waals surface area contributed by atoms with Gasteiger partial charge in [0.2, 0.25) is 5.91 Å². The van der Waals surface area contributed by atoms with Gasteiger partial charge in [0.1, 0.15) is 5.75 Å². The number of anilines is 1. The third-order valence-corrected chi connectivity index (χ3v) is 4.35. The number of amides is 1. The van der Waals surface area contributed by atoms with Crippen LogP contribution >= 0.6 is 11.8 Å². The first-order chi connectivity index (χ1) is 12.5. The summed E-state index contributed by atoms with van der Waals surface area (Å²) in [5.74, 6) is -0.264. The highest BCUT2D eigenvalue weighted by Crippen LogP contribution is 2.22. The smallest absolute Gasteiger partial charge is 0.335 e. The molecule has 0 aliphatic rings. The molecule has 2 rings (SSSR count). The number of hydrogen-bond acceptors (Lipinski definition) is 5. The molecule has 0 atom stereocenters. The van der Waals surface area contributed by atoms with Crippen molar-refractivity contribution in [3.8, 4) is 5.75 Å². The molecule has 138 valence electrons. The van der Waals surface area contributed by atoms with Crippen molar-refractivity contribution in [2.45, 2.75) is 18.4 Å². The van der Waals surface area contributed by atoms with Gasteiger partial charge in [-0.3, -0.25) is 4.79 Å². The topological polar surface area (TPSA) is 84.9 Å². The van der Waals surface area contributed by atoms with E-state index in [1.54, 1.807) is 6.07 Å². The maximum Gasteiger partial charge on any atom is 0.335 e. The molecule has 0 unspecified atom stereocenters. The Morgan fingerprint density at radius 3 is 2.50 bits per heavy atom. The zero-order valence-electron chi connectivity index (χ0n) is 14.7. The first kappa shape index (κ1) is 19.8. The third-order valence-electron chi connectivity index (χ3n) is 3.34. The molecule has 0 bridgehead atoms. The Labute approximate surface area is 156 Å². The van der Waals surface area contributed by atoms with Crippen LogP contribution in [-0.4, -0.2) is 36.5 Å². The van der Waals surface area contributed by atoms with Gasteiger partial charge in [0.05, 0.1) is 24.5 Å². The second kappa shape index (κ2) is 9.84. The van der Waals surface area contributed by atoms with Crippen LogP contribution in [0.15, 0.2) is 47.4 Å². The summed E-state index contributed by atoms with van der Waals surface area (Å²) in [5.41, 5.74) is 1.23. The van der Waals surface area contributed by atoms with Crippen molar-refractivity contribution in [2.75, 3.05) is 24.8 Å². The first-order valence-electron chi connectivity index (χ1n) is 8.03. The van der Waals surface area contributed by atoms with Crippen molar-refractivity contribution >= 4 is 29.3 Å². The quantitative estimate of drug-likeness (QED) is 0.651. The number of nitrogens with one attached hydrogen (secondary N) is 1. The van der Waals surface area contributed by atoms with E-state index in [0.717, 1.165) is 10.6 Å². The lowest BCUT2D eigenvalue weighted by atomic mass is 10.1. The van der Waals surface area contributed by atoms with Crippen LogP contribution in [0.4, 0.5) is 5.69 Å². The Kier molecular flexibility index (Phi) is 7.50. The number of benzene rings is 2. The highest BCUT2D eigenvalue weighted by atomic mass is 32.2. The largest absolute Gasteiger partial charge is 0.494 e. The molecule has 2 aromatic carbocycles. The van der Waals surface area contributed by atoms with Gasteiger partial charge < -0.3 is 19.9 Å². The summed E-state index contributed by atoms with van der Waals surface area (Å²) in [7, 11) is 1.53. The van der Waals surface area contributed by atoms with Gasteiger partial charge in [-0.15, -0.1) is 11.8 Å². The van der Waals surface area contributed by atoms with Crippen LogP contribution in [0, 0.1) is 0 Å². The molecule has 0 aromatic heterocycles. The Bertz CT molecular complexity index is 761. The number of hydrogen-bond donors (Lipinski definition) is 2. The number of ether oxygens (including phenoxy) is 2. The number of rotatable bonds is 9. The highest BCUT2D eigenvalue weighted by molar-refractivity contribution is 8.00. The van der Waals surface area contributed by atoms with Crippen molar-refractivity contribution in [1.29, 1.82) is 0 Å². The van der Waals surface area contributed by atoms with E-state index < -0.39 is 5.97 Å². The van der Waals surface area contributed by atoms with Gasteiger partial charge in [0.25, 0.3) is 0 Å². The molecule has 1 amide bonds. The summed E-state index contributed by atoms with van der Waals surface area (Å²) < 4.78 is 10.4. The molecule has 6 nitrogen and oxygen atoms in total. The van der Waals surface area contributed by atoms with E-state index in [1.165, 1.54) is 31.0 Å². The van der Waals surface area contributed by atoms with Gasteiger partial charge in [0, 0.05) is 17.7 Å². The zero-order chi connectivity index (χ0) is 18.9. The van der Waals surface area contributed by atoms with Gasteiger partial charge in [0.15, 0.2) is 0 Å². The van der Waals surface area contributed by atoms with Crippen LogP contribution in [0.5, 0.6) is 5.75 Å². The molecule has 2 N–H and O–H groups in total. The minimum absolute atomic E-state index is 0.106. The lowest BCUT2D eigenvalue weighted by Gasteiger charge is -2.09. The van der Waals surface area contributed by atoms with E-state index in [4.69, 9.17) is 9.47 Å². The number of carbonyl (C=O) groups is 2. The SMILES string of the molecule is CCOc1ccc(SCC(=O)Nc2cc(COC)cc(C(=O)O)c2)cc1. The fraction of sp³-hybridized carbons (Fsp3) is 0.263. The molecule has 7 heteroatoms. The molecule has 2 aromatic rings. The molecule has 0 spiro atoms. The van der Waals surface area contributed by atoms with Crippen LogP contribution in [0.25, 0.3) is 0 Å². The Balaban J connectivity index is 1.97. The summed E-state index contributed by atoms with van der Waals surface area (Å²) in [6.07, 6.45) is 0. The van der Waals surface area contributed by atoms with Crippen molar-refractivity contribution in [1.82, 2.24) is 0 Å². The van der Waals surface area contributed by atoms with Gasteiger partial charge in [-0.2, -0.15) is 0 Å². The molecule has 0 fully saturated rings. The fourth-order valence-electron chi connectivity index (χ4n) is 2.28. The zero-order valence-corrected chi connectivity index (χ0v) is 15.5. The van der Waals surface area contributed by atoms with E-state index in [-0.39, 0.29) is 23.8 Å². The normalized spacial score (nSPS) is 10.4. The summed E-state index contributed by atoms with van der Waals surface area (Å²) in [4.78, 5) is 24.3. The summed E-state index contributed by atoms with van der Waals surface area (Å²) >= 11 is 1.39. The standard InChI is InChI=1S/C19H21NO5S/c1-3-25-16-4-6-17(7-5-16)26-12-18(21)20-15-9-13(11-24-2)8-14(10-15)19(22)23/h4-10H,3,11-12H2,1-2H3,(H,20,21)(H,22,23). The van der Waals surface area contributed by atoms with Crippen molar-refractivity contribution in [3.05, 3.63) is 53.6 Å². The Morgan fingerprint density at radius 2 is 1.88 bits per heavy atom. The van der Waals surface area contributed by atoms with Crippen LogP contribution in [0.3, 0.4) is 0 Å². The summed E-state index contributed by atoms with van der Waals surface area (Å²) in [5, 5.41) is 11.9. The van der Waals surface area contributed by atoms with E-state index in [1.807, 2.05) is 31.2 Å². The molecule has 0 aliphatic carbocycles.